The average Bonchev–Trinajstić information content (AvgIpc) is 3.32. The van der Waals surface area contributed by atoms with Gasteiger partial charge in [0.1, 0.15) is 17.2 Å². The molecule has 35 heavy (non-hydrogen) atoms. The highest BCUT2D eigenvalue weighted by molar-refractivity contribution is 6.20. The number of hydrogen-bond acceptors (Lipinski definition) is 5. The Hall–Kier alpha value is -3.94. The van der Waals surface area contributed by atoms with E-state index < -0.39 is 0 Å². The lowest BCUT2D eigenvalue weighted by Gasteiger charge is -2.30. The number of fused-ring (bicyclic) bond motifs is 3. The zero-order chi connectivity index (χ0) is 25.1. The Balaban J connectivity index is 1.62. The van der Waals surface area contributed by atoms with Crippen LogP contribution in [0.4, 0.5) is 21.7 Å². The lowest BCUT2D eigenvalue weighted by Crippen LogP contribution is -2.48. The maximum atomic E-state index is 13.9. The van der Waals surface area contributed by atoms with Crippen molar-refractivity contribution in [1.29, 1.82) is 0 Å². The third-order valence-corrected chi connectivity index (χ3v) is 6.40. The number of carbonyl (C=O) groups excluding carboxylic acids is 1. The summed E-state index contributed by atoms with van der Waals surface area (Å²) in [6.45, 7) is 12.8. The van der Waals surface area contributed by atoms with E-state index in [2.05, 4.69) is 11.9 Å². The van der Waals surface area contributed by atoms with Crippen LogP contribution in [-0.4, -0.2) is 45.7 Å². The third-order valence-electron chi connectivity index (χ3n) is 6.40. The molecular formula is C27H29FN6O. The number of halogens is 1. The molecule has 3 heterocycles. The molecule has 7 nitrogen and oxygen atoms in total. The largest absolute Gasteiger partial charge is 0.340 e. The molecule has 1 N–H and O–H groups in total. The van der Waals surface area contributed by atoms with Crippen LogP contribution in [0.15, 0.2) is 54.0 Å². The summed E-state index contributed by atoms with van der Waals surface area (Å²) in [5.41, 5.74) is 4.44. The van der Waals surface area contributed by atoms with Gasteiger partial charge in [0.25, 0.3) is 5.91 Å². The van der Waals surface area contributed by atoms with Crippen molar-refractivity contribution in [3.8, 4) is 0 Å². The fourth-order valence-electron chi connectivity index (χ4n) is 4.51. The number of rotatable bonds is 5. The maximum Gasteiger partial charge on any atom is 0.267 e. The molecule has 0 fully saturated rings. The van der Waals surface area contributed by atoms with Gasteiger partial charge < -0.3 is 5.32 Å². The minimum absolute atomic E-state index is 0.182. The summed E-state index contributed by atoms with van der Waals surface area (Å²) in [5.74, 6) is 1.29. The van der Waals surface area contributed by atoms with Crippen LogP contribution in [-0.2, 0) is 6.54 Å². The van der Waals surface area contributed by atoms with Crippen LogP contribution < -0.4 is 10.2 Å². The number of allylic oxidation sites excluding steroid dienone is 1. The predicted molar refractivity (Wildman–Crippen MR) is 138 cm³/mol. The van der Waals surface area contributed by atoms with Crippen LogP contribution in [0.1, 0.15) is 47.8 Å². The number of nitrogens with zero attached hydrogens (tertiary/aromatic N) is 5. The Bertz CT molecular complexity index is 1390. The van der Waals surface area contributed by atoms with Gasteiger partial charge in [0.05, 0.1) is 18.6 Å². The highest BCUT2D eigenvalue weighted by Crippen LogP contribution is 2.39. The van der Waals surface area contributed by atoms with Crippen LogP contribution in [0, 0.1) is 12.7 Å². The molecule has 8 heteroatoms. The van der Waals surface area contributed by atoms with E-state index in [0.717, 1.165) is 16.7 Å². The van der Waals surface area contributed by atoms with Gasteiger partial charge in [-0.25, -0.2) is 14.1 Å². The number of hydrogen-bond donors (Lipinski definition) is 1. The van der Waals surface area contributed by atoms with Crippen molar-refractivity contribution < 1.29 is 9.18 Å². The van der Waals surface area contributed by atoms with Gasteiger partial charge in [-0.2, -0.15) is 5.10 Å². The maximum absolute atomic E-state index is 13.9. The SMILES string of the molecule is C=C(C)c1ccc(Cn2nc3c(c2Nc2ccc(F)c(C)c2)C(=O)N(C)C2=NC(C)(C)CN23)cc1. The summed E-state index contributed by atoms with van der Waals surface area (Å²) in [7, 11) is 1.73. The standard InChI is InChI=1S/C27H29FN6O/c1-16(2)19-9-7-18(8-10-19)14-34-23(29-20-11-12-21(28)17(3)13-20)22-24(31-34)33-15-27(4,5)30-26(33)32(6)25(22)35/h7-13,29H,1,14-15H2,2-6H3. The molecular weight excluding hydrogens is 443 g/mol. The number of anilines is 3. The van der Waals surface area contributed by atoms with Crippen LogP contribution in [0.2, 0.25) is 0 Å². The van der Waals surface area contributed by atoms with Crippen molar-refractivity contribution in [1.82, 2.24) is 14.7 Å². The Morgan fingerprint density at radius 2 is 1.91 bits per heavy atom. The van der Waals surface area contributed by atoms with Gasteiger partial charge in [-0.15, -0.1) is 0 Å². The predicted octanol–water partition coefficient (Wildman–Crippen LogP) is 5.20. The molecule has 1 aromatic heterocycles. The highest BCUT2D eigenvalue weighted by Gasteiger charge is 2.45. The molecule has 2 aromatic carbocycles. The van der Waals surface area contributed by atoms with Crippen molar-refractivity contribution in [3.63, 3.8) is 0 Å². The van der Waals surface area contributed by atoms with E-state index >= 15 is 0 Å². The molecule has 0 bridgehead atoms. The second kappa shape index (κ2) is 8.08. The first kappa shape index (κ1) is 22.8. The smallest absolute Gasteiger partial charge is 0.267 e. The third kappa shape index (κ3) is 3.99. The number of amides is 1. The summed E-state index contributed by atoms with van der Waals surface area (Å²) in [6, 6.07) is 12.9. The van der Waals surface area contributed by atoms with Crippen LogP contribution >= 0.6 is 0 Å². The second-order valence-corrected chi connectivity index (χ2v) is 9.95. The average molecular weight is 473 g/mol. The minimum Gasteiger partial charge on any atom is -0.340 e. The normalized spacial score (nSPS) is 16.2. The molecule has 0 saturated heterocycles. The van der Waals surface area contributed by atoms with Crippen LogP contribution in [0.3, 0.4) is 0 Å². The molecule has 2 aliphatic heterocycles. The quantitative estimate of drug-likeness (QED) is 0.555. The molecule has 0 spiro atoms. The number of benzene rings is 2. The summed E-state index contributed by atoms with van der Waals surface area (Å²) >= 11 is 0. The number of aliphatic imine (C=N–C) groups is 1. The Kier molecular flexibility index (Phi) is 5.27. The number of carbonyl (C=O) groups is 1. The number of guanidine groups is 1. The van der Waals surface area contributed by atoms with Gasteiger partial charge in [0, 0.05) is 12.7 Å². The zero-order valence-corrected chi connectivity index (χ0v) is 20.7. The van der Waals surface area contributed by atoms with Gasteiger partial charge in [-0.3, -0.25) is 14.6 Å². The highest BCUT2D eigenvalue weighted by atomic mass is 19.1. The lowest BCUT2D eigenvalue weighted by molar-refractivity contribution is 0.0866. The molecule has 0 aliphatic carbocycles. The van der Waals surface area contributed by atoms with Crippen molar-refractivity contribution >= 4 is 34.8 Å². The molecule has 3 aromatic rings. The summed E-state index contributed by atoms with van der Waals surface area (Å²) in [5, 5.41) is 8.25. The Morgan fingerprint density at radius 1 is 1.20 bits per heavy atom. The summed E-state index contributed by atoms with van der Waals surface area (Å²) in [4.78, 5) is 21.9. The fraction of sp³-hybridized carbons (Fsp3) is 0.296. The molecule has 0 saturated carbocycles. The zero-order valence-electron chi connectivity index (χ0n) is 20.7. The number of nitrogens with one attached hydrogen (secondary N) is 1. The van der Waals surface area contributed by atoms with E-state index in [9.17, 15) is 9.18 Å². The van der Waals surface area contributed by atoms with Crippen molar-refractivity contribution in [3.05, 3.63) is 77.1 Å². The van der Waals surface area contributed by atoms with Gasteiger partial charge in [0.15, 0.2) is 5.82 Å². The van der Waals surface area contributed by atoms with Crippen LogP contribution in [0.25, 0.3) is 5.57 Å². The Morgan fingerprint density at radius 3 is 2.57 bits per heavy atom. The first-order chi connectivity index (χ1) is 16.5. The van der Waals surface area contributed by atoms with Gasteiger partial charge >= 0.3 is 0 Å². The number of aromatic nitrogens is 2. The molecule has 0 radical (unpaired) electrons. The van der Waals surface area contributed by atoms with E-state index in [0.29, 0.717) is 47.5 Å². The minimum atomic E-state index is -0.338. The second-order valence-electron chi connectivity index (χ2n) is 9.95. The molecule has 0 atom stereocenters. The molecule has 5 rings (SSSR count). The van der Waals surface area contributed by atoms with Crippen molar-refractivity contribution in [2.75, 3.05) is 23.8 Å². The fourth-order valence-corrected chi connectivity index (χ4v) is 4.51. The Labute approximate surface area is 204 Å². The van der Waals surface area contributed by atoms with Crippen molar-refractivity contribution in [2.24, 2.45) is 4.99 Å². The van der Waals surface area contributed by atoms with E-state index in [4.69, 9.17) is 10.1 Å². The summed E-state index contributed by atoms with van der Waals surface area (Å²) in [6.07, 6.45) is 0. The van der Waals surface area contributed by atoms with Gasteiger partial charge in [0.2, 0.25) is 5.96 Å². The van der Waals surface area contributed by atoms with E-state index in [1.165, 1.54) is 6.07 Å². The van der Waals surface area contributed by atoms with Gasteiger partial charge in [-0.05, 0) is 62.6 Å². The topological polar surface area (TPSA) is 65.8 Å². The summed E-state index contributed by atoms with van der Waals surface area (Å²) < 4.78 is 15.7. The first-order valence-electron chi connectivity index (χ1n) is 11.6. The molecule has 180 valence electrons. The van der Waals surface area contributed by atoms with E-state index in [1.807, 2.05) is 49.9 Å². The molecule has 1 amide bonds. The lowest BCUT2D eigenvalue weighted by atomic mass is 10.1. The van der Waals surface area contributed by atoms with E-state index in [-0.39, 0.29) is 17.3 Å². The van der Waals surface area contributed by atoms with Crippen LogP contribution in [0.5, 0.6) is 0 Å². The number of aryl methyl sites for hydroxylation is 1. The molecule has 2 aliphatic rings. The van der Waals surface area contributed by atoms with Crippen molar-refractivity contribution in [2.45, 2.75) is 39.8 Å². The van der Waals surface area contributed by atoms with Gasteiger partial charge in [-0.1, -0.05) is 36.4 Å². The first-order valence-corrected chi connectivity index (χ1v) is 11.6. The monoisotopic (exact) mass is 472 g/mol. The van der Waals surface area contributed by atoms with E-state index in [1.54, 1.807) is 35.7 Å². The molecule has 0 unspecified atom stereocenters.